The molecule has 2 aliphatic heterocycles. The molecular formula is C15H16N2O7. The Labute approximate surface area is 137 Å². The minimum Gasteiger partial charge on any atom is -0.481 e. The molecule has 2 aliphatic rings. The standard InChI is InChI=1S/C15H16N2O7/c1-22-15(19)10-4-12-13(5-11(10)17(20)21)24-8-14(18)16(12)6-9-2-3-23-7-9/h4-5,9H,2-3,6-8H2,1H3/t9-/m0/s1. The third-order valence-electron chi connectivity index (χ3n) is 4.09. The van der Waals surface area contributed by atoms with E-state index in [-0.39, 0.29) is 29.7 Å². The molecule has 1 aromatic carbocycles. The zero-order valence-corrected chi connectivity index (χ0v) is 13.0. The number of amides is 1. The van der Waals surface area contributed by atoms with E-state index < -0.39 is 16.6 Å². The molecule has 9 heteroatoms. The highest BCUT2D eigenvalue weighted by atomic mass is 16.6. The summed E-state index contributed by atoms with van der Waals surface area (Å²) in [4.78, 5) is 36.1. The lowest BCUT2D eigenvalue weighted by Crippen LogP contribution is -2.42. The highest BCUT2D eigenvalue weighted by Gasteiger charge is 2.33. The summed E-state index contributed by atoms with van der Waals surface area (Å²) in [5.74, 6) is -0.727. The fourth-order valence-corrected chi connectivity index (χ4v) is 2.85. The topological polar surface area (TPSA) is 108 Å². The lowest BCUT2D eigenvalue weighted by molar-refractivity contribution is -0.385. The normalized spacial score (nSPS) is 19.6. The van der Waals surface area contributed by atoms with Gasteiger partial charge in [-0.25, -0.2) is 4.79 Å². The van der Waals surface area contributed by atoms with Crippen molar-refractivity contribution in [1.82, 2.24) is 0 Å². The zero-order valence-electron chi connectivity index (χ0n) is 13.0. The molecule has 9 nitrogen and oxygen atoms in total. The Morgan fingerprint density at radius 3 is 2.92 bits per heavy atom. The number of hydrogen-bond donors (Lipinski definition) is 0. The maximum Gasteiger partial charge on any atom is 0.344 e. The van der Waals surface area contributed by atoms with E-state index in [9.17, 15) is 19.7 Å². The molecule has 24 heavy (non-hydrogen) atoms. The van der Waals surface area contributed by atoms with E-state index in [1.807, 2.05) is 0 Å². The van der Waals surface area contributed by atoms with Crippen molar-refractivity contribution in [3.8, 4) is 5.75 Å². The van der Waals surface area contributed by atoms with Crippen LogP contribution < -0.4 is 9.64 Å². The van der Waals surface area contributed by atoms with E-state index in [1.165, 1.54) is 11.0 Å². The molecule has 0 unspecified atom stereocenters. The lowest BCUT2D eigenvalue weighted by atomic mass is 10.1. The van der Waals surface area contributed by atoms with Gasteiger partial charge in [-0.2, -0.15) is 0 Å². The van der Waals surface area contributed by atoms with Crippen molar-refractivity contribution in [2.24, 2.45) is 5.92 Å². The summed E-state index contributed by atoms with van der Waals surface area (Å²) >= 11 is 0. The SMILES string of the molecule is COC(=O)c1cc2c(cc1[N+](=O)[O-])OCC(=O)N2C[C@@H]1CCOC1. The number of nitro groups is 1. The average Bonchev–Trinajstić information content (AvgIpc) is 3.08. The highest BCUT2D eigenvalue weighted by Crippen LogP contribution is 2.38. The summed E-state index contributed by atoms with van der Waals surface area (Å²) in [7, 11) is 1.14. The van der Waals surface area contributed by atoms with Crippen LogP contribution in [0.4, 0.5) is 11.4 Å². The fraction of sp³-hybridized carbons (Fsp3) is 0.467. The van der Waals surface area contributed by atoms with Gasteiger partial charge in [0, 0.05) is 19.1 Å². The molecule has 1 atom stereocenters. The third kappa shape index (κ3) is 2.90. The second-order valence-electron chi connectivity index (χ2n) is 5.61. The van der Waals surface area contributed by atoms with Gasteiger partial charge < -0.3 is 19.1 Å². The number of carbonyl (C=O) groups excluding carboxylic acids is 2. The summed E-state index contributed by atoms with van der Waals surface area (Å²) in [5.41, 5.74) is -0.296. The molecule has 0 aliphatic carbocycles. The molecular weight excluding hydrogens is 320 g/mol. The first-order valence-corrected chi connectivity index (χ1v) is 7.43. The van der Waals surface area contributed by atoms with Gasteiger partial charge in [-0.15, -0.1) is 0 Å². The number of anilines is 1. The molecule has 0 bridgehead atoms. The van der Waals surface area contributed by atoms with Gasteiger partial charge in [0.2, 0.25) is 0 Å². The van der Waals surface area contributed by atoms with Crippen LogP contribution in [-0.4, -0.2) is 50.3 Å². The first-order valence-electron chi connectivity index (χ1n) is 7.43. The molecule has 0 radical (unpaired) electrons. The quantitative estimate of drug-likeness (QED) is 0.461. The summed E-state index contributed by atoms with van der Waals surface area (Å²) in [6.45, 7) is 1.41. The molecule has 0 saturated carbocycles. The van der Waals surface area contributed by atoms with Crippen molar-refractivity contribution >= 4 is 23.3 Å². The molecule has 1 fully saturated rings. The van der Waals surface area contributed by atoms with Crippen LogP contribution in [0.1, 0.15) is 16.8 Å². The number of fused-ring (bicyclic) bond motifs is 1. The largest absolute Gasteiger partial charge is 0.481 e. The van der Waals surface area contributed by atoms with Crippen LogP contribution in [0.5, 0.6) is 5.75 Å². The van der Waals surface area contributed by atoms with Crippen LogP contribution in [0.2, 0.25) is 0 Å². The van der Waals surface area contributed by atoms with Crippen LogP contribution in [0.25, 0.3) is 0 Å². The summed E-state index contributed by atoms with van der Waals surface area (Å²) in [6, 6.07) is 2.44. The van der Waals surface area contributed by atoms with Crippen molar-refractivity contribution in [2.75, 3.05) is 38.4 Å². The Kier molecular flexibility index (Phi) is 4.34. The number of nitrogens with zero attached hydrogens (tertiary/aromatic N) is 2. The predicted octanol–water partition coefficient (Wildman–Crippen LogP) is 1.14. The highest BCUT2D eigenvalue weighted by molar-refractivity contribution is 6.02. The van der Waals surface area contributed by atoms with E-state index in [0.29, 0.717) is 25.4 Å². The molecule has 1 saturated heterocycles. The summed E-state index contributed by atoms with van der Waals surface area (Å²) in [6.07, 6.45) is 0.830. The number of esters is 1. The van der Waals surface area contributed by atoms with Gasteiger partial charge in [-0.3, -0.25) is 14.9 Å². The third-order valence-corrected chi connectivity index (χ3v) is 4.09. The second kappa shape index (κ2) is 6.44. The Hall–Kier alpha value is -2.68. The number of ether oxygens (including phenoxy) is 3. The van der Waals surface area contributed by atoms with Crippen molar-refractivity contribution in [3.05, 3.63) is 27.8 Å². The van der Waals surface area contributed by atoms with Crippen molar-refractivity contribution in [1.29, 1.82) is 0 Å². The molecule has 128 valence electrons. The van der Waals surface area contributed by atoms with Gasteiger partial charge >= 0.3 is 5.97 Å². The van der Waals surface area contributed by atoms with Gasteiger partial charge in [-0.05, 0) is 12.5 Å². The zero-order chi connectivity index (χ0) is 17.3. The van der Waals surface area contributed by atoms with Gasteiger partial charge in [0.15, 0.2) is 12.4 Å². The van der Waals surface area contributed by atoms with Crippen LogP contribution >= 0.6 is 0 Å². The van der Waals surface area contributed by atoms with E-state index in [1.54, 1.807) is 0 Å². The Morgan fingerprint density at radius 1 is 1.50 bits per heavy atom. The van der Waals surface area contributed by atoms with Crippen LogP contribution in [-0.2, 0) is 14.3 Å². The number of benzene rings is 1. The smallest absolute Gasteiger partial charge is 0.344 e. The monoisotopic (exact) mass is 336 g/mol. The van der Waals surface area contributed by atoms with Crippen LogP contribution in [0.15, 0.2) is 12.1 Å². The maximum atomic E-state index is 12.2. The van der Waals surface area contributed by atoms with Crippen LogP contribution in [0, 0.1) is 16.0 Å². The number of methoxy groups -OCH3 is 1. The molecule has 0 spiro atoms. The van der Waals surface area contributed by atoms with Crippen molar-refractivity contribution < 1.29 is 28.7 Å². The van der Waals surface area contributed by atoms with Gasteiger partial charge in [0.05, 0.1) is 30.4 Å². The van der Waals surface area contributed by atoms with Gasteiger partial charge in [0.1, 0.15) is 5.56 Å². The van der Waals surface area contributed by atoms with Gasteiger partial charge in [-0.1, -0.05) is 0 Å². The molecule has 2 heterocycles. The van der Waals surface area contributed by atoms with E-state index in [2.05, 4.69) is 4.74 Å². The fourth-order valence-electron chi connectivity index (χ4n) is 2.85. The van der Waals surface area contributed by atoms with E-state index >= 15 is 0 Å². The molecule has 1 aromatic rings. The number of carbonyl (C=O) groups is 2. The van der Waals surface area contributed by atoms with Crippen LogP contribution in [0.3, 0.4) is 0 Å². The minimum atomic E-state index is -0.841. The minimum absolute atomic E-state index is 0.177. The summed E-state index contributed by atoms with van der Waals surface area (Å²) in [5, 5.41) is 11.2. The molecule has 0 N–H and O–H groups in total. The first kappa shape index (κ1) is 16.2. The summed E-state index contributed by atoms with van der Waals surface area (Å²) < 4.78 is 15.2. The Morgan fingerprint density at radius 2 is 2.29 bits per heavy atom. The van der Waals surface area contributed by atoms with Crippen molar-refractivity contribution in [3.63, 3.8) is 0 Å². The Bertz CT molecular complexity index is 697. The number of rotatable bonds is 4. The van der Waals surface area contributed by atoms with E-state index in [4.69, 9.17) is 9.47 Å². The number of hydrogen-bond acceptors (Lipinski definition) is 7. The average molecular weight is 336 g/mol. The first-order chi connectivity index (χ1) is 11.5. The lowest BCUT2D eigenvalue weighted by Gasteiger charge is -2.31. The number of nitro benzene ring substituents is 1. The molecule has 3 rings (SSSR count). The predicted molar refractivity (Wildman–Crippen MR) is 81.2 cm³/mol. The van der Waals surface area contributed by atoms with Gasteiger partial charge in [0.25, 0.3) is 11.6 Å². The maximum absolute atomic E-state index is 12.2. The second-order valence-corrected chi connectivity index (χ2v) is 5.61. The molecule has 0 aromatic heterocycles. The van der Waals surface area contributed by atoms with Crippen molar-refractivity contribution in [2.45, 2.75) is 6.42 Å². The molecule has 1 amide bonds. The van der Waals surface area contributed by atoms with E-state index in [0.717, 1.165) is 19.6 Å². The Balaban J connectivity index is 2.03.